The molecule has 0 saturated heterocycles. The zero-order valence-electron chi connectivity index (χ0n) is 22.2. The number of halogens is 1. The first-order chi connectivity index (χ1) is 19.9. The van der Waals surface area contributed by atoms with Crippen LogP contribution in [0.4, 0.5) is 11.4 Å². The Kier molecular flexibility index (Phi) is 7.13. The van der Waals surface area contributed by atoms with Crippen LogP contribution in [0.2, 0.25) is 5.02 Å². The van der Waals surface area contributed by atoms with Crippen molar-refractivity contribution >= 4 is 46.5 Å². The zero-order valence-corrected chi connectivity index (χ0v) is 23.0. The van der Waals surface area contributed by atoms with Gasteiger partial charge in [-0.3, -0.25) is 24.1 Å². The van der Waals surface area contributed by atoms with E-state index in [9.17, 15) is 19.2 Å². The van der Waals surface area contributed by atoms with Gasteiger partial charge in [0.15, 0.2) is 11.5 Å². The van der Waals surface area contributed by atoms with E-state index in [1.54, 1.807) is 59.5 Å². The lowest BCUT2D eigenvalue weighted by molar-refractivity contribution is -0.148. The number of carbonyl (C=O) groups is 4. The Hall–Kier alpha value is -4.37. The first kappa shape index (κ1) is 26.8. The smallest absolute Gasteiger partial charge is 0.299 e. The Bertz CT molecular complexity index is 1530. The molecule has 10 heteroatoms. The van der Waals surface area contributed by atoms with Crippen LogP contribution in [0.15, 0.2) is 66.7 Å². The molecule has 1 aliphatic carbocycles. The van der Waals surface area contributed by atoms with Gasteiger partial charge in [0.05, 0.1) is 11.3 Å². The molecule has 3 aromatic carbocycles. The number of nitrogens with zero attached hydrogens (tertiary/aromatic N) is 2. The van der Waals surface area contributed by atoms with Crippen molar-refractivity contribution in [3.63, 3.8) is 0 Å². The summed E-state index contributed by atoms with van der Waals surface area (Å²) >= 11 is 6.12. The summed E-state index contributed by atoms with van der Waals surface area (Å²) in [6.45, 7) is -0.128. The van der Waals surface area contributed by atoms with Crippen LogP contribution in [0.25, 0.3) is 0 Å². The minimum atomic E-state index is -1.18. The van der Waals surface area contributed by atoms with Crippen molar-refractivity contribution in [1.82, 2.24) is 4.90 Å². The summed E-state index contributed by atoms with van der Waals surface area (Å²) in [6.07, 6.45) is 3.35. The average molecular weight is 574 g/mol. The Morgan fingerprint density at radius 2 is 1.66 bits per heavy atom. The van der Waals surface area contributed by atoms with Gasteiger partial charge in [0.1, 0.15) is 12.1 Å². The van der Waals surface area contributed by atoms with Gasteiger partial charge in [0.25, 0.3) is 11.7 Å². The third-order valence-corrected chi connectivity index (χ3v) is 8.23. The number of hydrogen-bond donors (Lipinski definition) is 1. The minimum absolute atomic E-state index is 0.112. The fourth-order valence-electron chi connectivity index (χ4n) is 5.85. The largest absolute Gasteiger partial charge is 0.454 e. The van der Waals surface area contributed by atoms with E-state index in [-0.39, 0.29) is 31.4 Å². The average Bonchev–Trinajstić information content (AvgIpc) is 3.55. The lowest BCUT2D eigenvalue weighted by Crippen LogP contribution is -2.61. The quantitative estimate of drug-likeness (QED) is 0.400. The molecule has 1 fully saturated rings. The maximum absolute atomic E-state index is 14.2. The van der Waals surface area contributed by atoms with Gasteiger partial charge in [-0.05, 0) is 54.8 Å². The van der Waals surface area contributed by atoms with E-state index in [4.69, 9.17) is 21.1 Å². The number of ketones is 1. The topological polar surface area (TPSA) is 105 Å². The predicted molar refractivity (Wildman–Crippen MR) is 152 cm³/mol. The van der Waals surface area contributed by atoms with Gasteiger partial charge in [0.2, 0.25) is 18.6 Å². The molecule has 0 atom stereocenters. The predicted octanol–water partition coefficient (Wildman–Crippen LogP) is 4.97. The van der Waals surface area contributed by atoms with E-state index in [1.165, 1.54) is 4.90 Å². The van der Waals surface area contributed by atoms with E-state index in [0.29, 0.717) is 40.7 Å². The number of para-hydroxylation sites is 1. The van der Waals surface area contributed by atoms with Crippen molar-refractivity contribution in [2.75, 3.05) is 23.6 Å². The molecule has 0 radical (unpaired) electrons. The molecule has 2 aliphatic heterocycles. The number of ether oxygens (including phenoxy) is 2. The highest BCUT2D eigenvalue weighted by Gasteiger charge is 2.48. The molecule has 0 aromatic heterocycles. The van der Waals surface area contributed by atoms with E-state index in [0.717, 1.165) is 24.8 Å². The highest BCUT2D eigenvalue weighted by molar-refractivity contribution is 6.52. The van der Waals surface area contributed by atoms with Crippen molar-refractivity contribution in [2.24, 2.45) is 0 Å². The van der Waals surface area contributed by atoms with E-state index in [1.807, 2.05) is 12.1 Å². The molecule has 0 unspecified atom stereocenters. The summed E-state index contributed by atoms with van der Waals surface area (Å²) in [4.78, 5) is 56.8. The fourth-order valence-corrected chi connectivity index (χ4v) is 5.98. The maximum Gasteiger partial charge on any atom is 0.299 e. The number of carbonyl (C=O) groups excluding carboxylic acids is 4. The Balaban J connectivity index is 1.35. The Morgan fingerprint density at radius 1 is 0.927 bits per heavy atom. The summed E-state index contributed by atoms with van der Waals surface area (Å²) in [5.41, 5.74) is 0.787. The monoisotopic (exact) mass is 573 g/mol. The van der Waals surface area contributed by atoms with Crippen LogP contribution < -0.4 is 19.7 Å². The van der Waals surface area contributed by atoms with Crippen molar-refractivity contribution in [3.8, 4) is 11.5 Å². The maximum atomic E-state index is 14.2. The first-order valence-corrected chi connectivity index (χ1v) is 13.9. The van der Waals surface area contributed by atoms with Crippen LogP contribution in [0.3, 0.4) is 0 Å². The lowest BCUT2D eigenvalue weighted by atomic mass is 9.78. The fraction of sp³-hybridized carbons (Fsp3) is 0.290. The number of fused-ring (bicyclic) bond motifs is 2. The second-order valence-electron chi connectivity index (χ2n) is 10.5. The van der Waals surface area contributed by atoms with Crippen molar-refractivity contribution < 1.29 is 28.7 Å². The molecule has 6 rings (SSSR count). The zero-order chi connectivity index (χ0) is 28.6. The number of amides is 3. The molecular weight excluding hydrogens is 546 g/mol. The van der Waals surface area contributed by atoms with E-state index >= 15 is 0 Å². The van der Waals surface area contributed by atoms with Crippen LogP contribution in [0.1, 0.15) is 48.0 Å². The molecule has 1 N–H and O–H groups in total. The van der Waals surface area contributed by atoms with Gasteiger partial charge in [0, 0.05) is 23.3 Å². The lowest BCUT2D eigenvalue weighted by Gasteiger charge is -2.45. The molecule has 3 aliphatic rings. The standard InChI is InChI=1S/C31H28ClN3O6/c32-21-10-8-20(9-11-21)17-35(27(36)18-34-24-7-3-2-6-23(24)28(37)29(34)38)31(14-4-1-5-15-31)30(39)33-22-12-13-25-26(16-22)41-19-40-25/h2-3,6-13,16H,1,4-5,14-15,17-19H2,(H,33,39). The second-order valence-corrected chi connectivity index (χ2v) is 10.9. The summed E-state index contributed by atoms with van der Waals surface area (Å²) in [5.74, 6) is -1.02. The van der Waals surface area contributed by atoms with Gasteiger partial charge in [-0.15, -0.1) is 0 Å². The molecule has 41 heavy (non-hydrogen) atoms. The molecule has 9 nitrogen and oxygen atoms in total. The van der Waals surface area contributed by atoms with Crippen molar-refractivity contribution in [1.29, 1.82) is 0 Å². The van der Waals surface area contributed by atoms with Crippen molar-refractivity contribution in [2.45, 2.75) is 44.2 Å². The highest BCUT2D eigenvalue weighted by atomic mass is 35.5. The van der Waals surface area contributed by atoms with Gasteiger partial charge in [-0.2, -0.15) is 0 Å². The van der Waals surface area contributed by atoms with Crippen LogP contribution in [-0.2, 0) is 20.9 Å². The molecule has 3 aromatic rings. The van der Waals surface area contributed by atoms with Gasteiger partial charge in [-0.1, -0.05) is 55.1 Å². The number of rotatable bonds is 7. The SMILES string of the molecule is O=C1C(=O)N(CC(=O)N(Cc2ccc(Cl)cc2)C2(C(=O)Nc3ccc4c(c3)OCO4)CCCCC2)c2ccccc21. The highest BCUT2D eigenvalue weighted by Crippen LogP contribution is 2.39. The summed E-state index contributed by atoms with van der Waals surface area (Å²) in [5, 5.41) is 3.57. The van der Waals surface area contributed by atoms with Gasteiger partial charge in [-0.25, -0.2) is 0 Å². The first-order valence-electron chi connectivity index (χ1n) is 13.6. The summed E-state index contributed by atoms with van der Waals surface area (Å²) < 4.78 is 10.9. The minimum Gasteiger partial charge on any atom is -0.454 e. The van der Waals surface area contributed by atoms with Gasteiger partial charge >= 0.3 is 0 Å². The second kappa shape index (κ2) is 10.9. The number of benzene rings is 3. The normalized spacial score (nSPS) is 16.9. The molecule has 1 saturated carbocycles. The van der Waals surface area contributed by atoms with Crippen LogP contribution in [-0.4, -0.2) is 47.3 Å². The molecule has 0 spiro atoms. The Labute approximate surface area is 242 Å². The van der Waals surface area contributed by atoms with Crippen LogP contribution >= 0.6 is 11.6 Å². The number of anilines is 2. The number of Topliss-reactive ketones (excluding diaryl/α,β-unsaturated/α-hetero) is 1. The van der Waals surface area contributed by atoms with Crippen molar-refractivity contribution in [3.05, 3.63) is 82.9 Å². The number of hydrogen-bond acceptors (Lipinski definition) is 6. The van der Waals surface area contributed by atoms with Crippen LogP contribution in [0.5, 0.6) is 11.5 Å². The third kappa shape index (κ3) is 5.02. The van der Waals surface area contributed by atoms with Crippen LogP contribution in [0, 0.1) is 0 Å². The molecule has 3 amide bonds. The Morgan fingerprint density at radius 3 is 2.44 bits per heavy atom. The number of nitrogens with one attached hydrogen (secondary N) is 1. The summed E-state index contributed by atoms with van der Waals surface area (Å²) in [7, 11) is 0. The molecule has 210 valence electrons. The van der Waals surface area contributed by atoms with E-state index in [2.05, 4.69) is 5.32 Å². The van der Waals surface area contributed by atoms with E-state index < -0.39 is 23.1 Å². The van der Waals surface area contributed by atoms with Gasteiger partial charge < -0.3 is 19.7 Å². The molecule has 2 heterocycles. The molecular formula is C31H28ClN3O6. The third-order valence-electron chi connectivity index (χ3n) is 7.98. The molecule has 0 bridgehead atoms. The summed E-state index contributed by atoms with van der Waals surface area (Å²) in [6, 6.07) is 18.9.